The molecule has 0 saturated heterocycles. The van der Waals surface area contributed by atoms with E-state index >= 15 is 0 Å². The lowest BCUT2D eigenvalue weighted by molar-refractivity contribution is -0.130. The predicted octanol–water partition coefficient (Wildman–Crippen LogP) is 0.766. The number of hydrogen-bond acceptors (Lipinski definition) is 3. The molecule has 4 rings (SSSR count). The van der Waals surface area contributed by atoms with Crippen LogP contribution in [-0.4, -0.2) is 22.3 Å². The summed E-state index contributed by atoms with van der Waals surface area (Å²) in [5, 5.41) is 11.0. The maximum absolute atomic E-state index is 11.3. The molecule has 1 aromatic carbocycles. The molecule has 20 heavy (non-hydrogen) atoms. The summed E-state index contributed by atoms with van der Waals surface area (Å²) in [5.41, 5.74) is 4.16. The van der Waals surface area contributed by atoms with E-state index in [-0.39, 0.29) is 5.57 Å². The molecule has 1 aromatic heterocycles. The second kappa shape index (κ2) is 3.87. The molecule has 2 heterocycles. The first-order valence-electron chi connectivity index (χ1n) is 6.33. The van der Waals surface area contributed by atoms with Crippen molar-refractivity contribution < 1.29 is 9.90 Å². The first-order chi connectivity index (χ1) is 9.74. The molecule has 4 nitrogen and oxygen atoms in total. The molecule has 0 spiro atoms. The summed E-state index contributed by atoms with van der Waals surface area (Å²) in [5.74, 6) is -0.939. The fourth-order valence-electron chi connectivity index (χ4n) is 2.79. The van der Waals surface area contributed by atoms with Crippen LogP contribution in [0.2, 0.25) is 0 Å². The molecule has 96 valence electrons. The Kier molecular flexibility index (Phi) is 2.15. The molecule has 1 aliphatic carbocycles. The van der Waals surface area contributed by atoms with Crippen LogP contribution in [0.4, 0.5) is 5.69 Å². The zero-order valence-electron chi connectivity index (χ0n) is 10.5. The van der Waals surface area contributed by atoms with Gasteiger partial charge in [-0.25, -0.2) is 4.79 Å². The quantitative estimate of drug-likeness (QED) is 0.704. The normalized spacial score (nSPS) is 14.3. The van der Waals surface area contributed by atoms with Gasteiger partial charge in [-0.3, -0.25) is 9.98 Å². The Bertz CT molecular complexity index is 911. The zero-order valence-corrected chi connectivity index (χ0v) is 10.5. The average molecular weight is 262 g/mol. The lowest BCUT2D eigenvalue weighted by atomic mass is 9.94. The van der Waals surface area contributed by atoms with Crippen molar-refractivity contribution in [3.8, 4) is 0 Å². The number of carboxylic acid groups (broad SMARTS) is 1. The summed E-state index contributed by atoms with van der Waals surface area (Å²) < 4.78 is 0. The number of aliphatic imine (C=N–C) groups is 1. The molecule has 0 bridgehead atoms. The van der Waals surface area contributed by atoms with E-state index in [1.54, 1.807) is 6.20 Å². The maximum Gasteiger partial charge on any atom is 0.337 e. The van der Waals surface area contributed by atoms with Crippen molar-refractivity contribution >= 4 is 29.5 Å². The molecule has 0 amide bonds. The molecule has 2 aliphatic rings. The van der Waals surface area contributed by atoms with E-state index in [9.17, 15) is 9.90 Å². The Morgan fingerprint density at radius 2 is 2.15 bits per heavy atom. The van der Waals surface area contributed by atoms with Gasteiger partial charge >= 0.3 is 5.97 Å². The molecule has 4 heteroatoms. The highest BCUT2D eigenvalue weighted by atomic mass is 16.4. The van der Waals surface area contributed by atoms with Crippen molar-refractivity contribution in [2.75, 3.05) is 0 Å². The Morgan fingerprint density at radius 1 is 1.25 bits per heavy atom. The van der Waals surface area contributed by atoms with Gasteiger partial charge in [0.1, 0.15) is 0 Å². The molecular formula is C16H10N2O2. The van der Waals surface area contributed by atoms with Gasteiger partial charge in [0.05, 0.1) is 17.0 Å². The third-order valence-electron chi connectivity index (χ3n) is 3.73. The lowest BCUT2D eigenvalue weighted by Crippen LogP contribution is -2.33. The van der Waals surface area contributed by atoms with Gasteiger partial charge in [-0.1, -0.05) is 12.1 Å². The minimum absolute atomic E-state index is 0.264. The number of fused-ring (bicyclic) bond motifs is 4. The minimum atomic E-state index is -0.939. The molecular weight excluding hydrogens is 252 g/mol. The van der Waals surface area contributed by atoms with Crippen LogP contribution in [0, 0.1) is 0 Å². The van der Waals surface area contributed by atoms with Crippen molar-refractivity contribution in [2.45, 2.75) is 6.42 Å². The second-order valence-electron chi connectivity index (χ2n) is 4.87. The smallest absolute Gasteiger partial charge is 0.337 e. The molecule has 0 unspecified atom stereocenters. The van der Waals surface area contributed by atoms with Gasteiger partial charge in [-0.15, -0.1) is 0 Å². The summed E-state index contributed by atoms with van der Waals surface area (Å²) in [7, 11) is 0. The number of benzene rings is 1. The van der Waals surface area contributed by atoms with Crippen LogP contribution in [0.15, 0.2) is 35.5 Å². The van der Waals surface area contributed by atoms with Gasteiger partial charge in [-0.2, -0.15) is 0 Å². The topological polar surface area (TPSA) is 62.5 Å². The molecule has 0 atom stereocenters. The summed E-state index contributed by atoms with van der Waals surface area (Å²) >= 11 is 0. The van der Waals surface area contributed by atoms with Crippen LogP contribution in [0.5, 0.6) is 0 Å². The first-order valence-corrected chi connectivity index (χ1v) is 6.33. The van der Waals surface area contributed by atoms with Crippen molar-refractivity contribution in [3.05, 3.63) is 57.7 Å². The summed E-state index contributed by atoms with van der Waals surface area (Å²) in [6.07, 6.45) is 5.95. The van der Waals surface area contributed by atoms with Gasteiger partial charge in [0.25, 0.3) is 0 Å². The number of aliphatic carboxylic acids is 1. The number of rotatable bonds is 1. The standard InChI is InChI=1S/C16H10N2O2/c19-16(20)12-8-18-13-4-3-9-7-14-10(2-1-5-17-14)6-11(9)15(12)13/h1-6,8H,7H2,(H,19,20). The summed E-state index contributed by atoms with van der Waals surface area (Å²) in [6, 6.07) is 7.77. The summed E-state index contributed by atoms with van der Waals surface area (Å²) in [4.78, 5) is 19.9. The van der Waals surface area contributed by atoms with Gasteiger partial charge in [0, 0.05) is 24.1 Å². The van der Waals surface area contributed by atoms with E-state index in [4.69, 9.17) is 0 Å². The van der Waals surface area contributed by atoms with Crippen molar-refractivity contribution in [3.63, 3.8) is 0 Å². The molecule has 1 aliphatic heterocycles. The van der Waals surface area contributed by atoms with Crippen LogP contribution in [0.1, 0.15) is 16.8 Å². The number of nitrogens with zero attached hydrogens (tertiary/aromatic N) is 2. The Labute approximate surface area is 114 Å². The number of carbonyl (C=O) groups is 1. The number of aromatic nitrogens is 1. The lowest BCUT2D eigenvalue weighted by Gasteiger charge is -2.12. The van der Waals surface area contributed by atoms with Gasteiger partial charge in [-0.05, 0) is 34.6 Å². The Balaban J connectivity index is 2.15. The SMILES string of the molecule is O=C(O)C1=c2c(ccc3c2=Cc2cccnc2C3)N=C1. The van der Waals surface area contributed by atoms with Crippen LogP contribution in [-0.2, 0) is 11.2 Å². The maximum atomic E-state index is 11.3. The average Bonchev–Trinajstić information content (AvgIpc) is 2.89. The molecule has 1 N–H and O–H groups in total. The number of pyridine rings is 1. The van der Waals surface area contributed by atoms with Gasteiger partial charge in [0.2, 0.25) is 0 Å². The van der Waals surface area contributed by atoms with Crippen LogP contribution in [0.25, 0.3) is 11.6 Å². The van der Waals surface area contributed by atoms with Crippen molar-refractivity contribution in [2.24, 2.45) is 4.99 Å². The van der Waals surface area contributed by atoms with E-state index in [1.807, 2.05) is 30.3 Å². The summed E-state index contributed by atoms with van der Waals surface area (Å²) in [6.45, 7) is 0. The fourth-order valence-corrected chi connectivity index (χ4v) is 2.79. The van der Waals surface area contributed by atoms with E-state index < -0.39 is 5.97 Å². The third-order valence-corrected chi connectivity index (χ3v) is 3.73. The monoisotopic (exact) mass is 262 g/mol. The highest BCUT2D eigenvalue weighted by molar-refractivity contribution is 6.33. The van der Waals surface area contributed by atoms with Crippen LogP contribution in [0.3, 0.4) is 0 Å². The van der Waals surface area contributed by atoms with E-state index in [2.05, 4.69) is 9.98 Å². The highest BCUT2D eigenvalue weighted by Gasteiger charge is 2.18. The van der Waals surface area contributed by atoms with Gasteiger partial charge < -0.3 is 5.11 Å². The molecule has 2 aromatic rings. The second-order valence-corrected chi connectivity index (χ2v) is 4.87. The van der Waals surface area contributed by atoms with E-state index in [1.165, 1.54) is 6.21 Å². The zero-order chi connectivity index (χ0) is 13.7. The van der Waals surface area contributed by atoms with Crippen LogP contribution < -0.4 is 10.4 Å². The highest BCUT2D eigenvalue weighted by Crippen LogP contribution is 2.18. The first kappa shape index (κ1) is 11.1. The number of carboxylic acids is 1. The number of hydrogen-bond donors (Lipinski definition) is 1. The largest absolute Gasteiger partial charge is 0.478 e. The Morgan fingerprint density at radius 3 is 3.00 bits per heavy atom. The fraction of sp³-hybridized carbons (Fsp3) is 0.0625. The third kappa shape index (κ3) is 1.45. The van der Waals surface area contributed by atoms with E-state index in [0.29, 0.717) is 0 Å². The molecule has 0 radical (unpaired) electrons. The van der Waals surface area contributed by atoms with Gasteiger partial charge in [0.15, 0.2) is 0 Å². The molecule has 0 fully saturated rings. The predicted molar refractivity (Wildman–Crippen MR) is 75.5 cm³/mol. The van der Waals surface area contributed by atoms with Crippen molar-refractivity contribution in [1.82, 2.24) is 4.98 Å². The van der Waals surface area contributed by atoms with Crippen LogP contribution >= 0.6 is 0 Å². The Hall–Kier alpha value is -2.75. The minimum Gasteiger partial charge on any atom is -0.478 e. The van der Waals surface area contributed by atoms with Crippen molar-refractivity contribution in [1.29, 1.82) is 0 Å². The molecule has 0 saturated carbocycles. The van der Waals surface area contributed by atoms with E-state index in [0.717, 1.165) is 39.4 Å².